The van der Waals surface area contributed by atoms with E-state index < -0.39 is 35.9 Å². The van der Waals surface area contributed by atoms with E-state index in [1.54, 1.807) is 0 Å². The Morgan fingerprint density at radius 3 is 2.11 bits per heavy atom. The van der Waals surface area contributed by atoms with Crippen LogP contribution in [0.25, 0.3) is 0 Å². The van der Waals surface area contributed by atoms with Crippen molar-refractivity contribution in [1.82, 2.24) is 5.32 Å². The summed E-state index contributed by atoms with van der Waals surface area (Å²) in [5.74, 6) is -2.82. The van der Waals surface area contributed by atoms with Gasteiger partial charge >= 0.3 is 12.6 Å². The third-order valence-corrected chi connectivity index (χ3v) is 3.24. The van der Waals surface area contributed by atoms with Gasteiger partial charge in [0.2, 0.25) is 0 Å². The first kappa shape index (κ1) is 20.4. The fourth-order valence-electron chi connectivity index (χ4n) is 1.96. The summed E-state index contributed by atoms with van der Waals surface area (Å²) >= 11 is 0. The number of halogens is 2. The Kier molecular flexibility index (Phi) is 6.68. The molecule has 2 rings (SSSR count). The second-order valence-corrected chi connectivity index (χ2v) is 5.16. The molecule has 0 spiro atoms. The number of carbonyl (C=O) groups is 3. The van der Waals surface area contributed by atoms with E-state index in [9.17, 15) is 33.3 Å². The number of nitro benzene ring substituents is 1. The standard InChI is InChI=1S/C17H12F2N2O7/c18-17(19)28-13-7-3-10(4-8-13)15(23)20-14(22)9-27-16(24)11-1-5-12(6-2-11)21(25)26/h1-8,17H,9H2,(H,20,22,23). The number of hydrogen-bond donors (Lipinski definition) is 1. The third kappa shape index (κ3) is 5.83. The van der Waals surface area contributed by atoms with Crippen LogP contribution in [-0.4, -0.2) is 35.9 Å². The second-order valence-electron chi connectivity index (χ2n) is 5.16. The number of carbonyl (C=O) groups excluding carboxylic acids is 3. The zero-order valence-electron chi connectivity index (χ0n) is 14.0. The van der Waals surface area contributed by atoms with Crippen LogP contribution in [0.2, 0.25) is 0 Å². The number of imide groups is 1. The molecule has 0 saturated carbocycles. The molecule has 0 aromatic heterocycles. The lowest BCUT2D eigenvalue weighted by Crippen LogP contribution is -2.34. The summed E-state index contributed by atoms with van der Waals surface area (Å²) < 4.78 is 33.0. The van der Waals surface area contributed by atoms with Gasteiger partial charge in [-0.05, 0) is 36.4 Å². The van der Waals surface area contributed by atoms with Crippen LogP contribution in [0.5, 0.6) is 5.75 Å². The minimum absolute atomic E-state index is 0.00309. The van der Waals surface area contributed by atoms with Gasteiger partial charge in [0.25, 0.3) is 17.5 Å². The summed E-state index contributed by atoms with van der Waals surface area (Å²) in [4.78, 5) is 45.3. The van der Waals surface area contributed by atoms with Crippen LogP contribution in [0.15, 0.2) is 48.5 Å². The SMILES string of the molecule is O=C(COC(=O)c1ccc([N+](=O)[O-])cc1)NC(=O)c1ccc(OC(F)F)cc1. The summed E-state index contributed by atoms with van der Waals surface area (Å²) in [5, 5.41) is 12.5. The molecular weight excluding hydrogens is 382 g/mol. The maximum absolute atomic E-state index is 12.1. The summed E-state index contributed by atoms with van der Waals surface area (Å²) in [6.07, 6.45) is 0. The number of non-ortho nitro benzene ring substituents is 1. The lowest BCUT2D eigenvalue weighted by Gasteiger charge is -2.07. The van der Waals surface area contributed by atoms with Crippen molar-refractivity contribution in [3.63, 3.8) is 0 Å². The zero-order valence-corrected chi connectivity index (χ0v) is 14.0. The predicted octanol–water partition coefficient (Wildman–Crippen LogP) is 2.31. The highest BCUT2D eigenvalue weighted by Gasteiger charge is 2.15. The molecule has 146 valence electrons. The van der Waals surface area contributed by atoms with Gasteiger partial charge in [-0.2, -0.15) is 8.78 Å². The molecule has 2 aromatic carbocycles. The van der Waals surface area contributed by atoms with E-state index in [2.05, 4.69) is 4.74 Å². The van der Waals surface area contributed by atoms with Crippen LogP contribution in [0.3, 0.4) is 0 Å². The molecule has 0 aliphatic rings. The van der Waals surface area contributed by atoms with Crippen LogP contribution in [-0.2, 0) is 9.53 Å². The van der Waals surface area contributed by atoms with Gasteiger partial charge in [-0.3, -0.25) is 25.0 Å². The van der Waals surface area contributed by atoms with Crippen molar-refractivity contribution in [2.45, 2.75) is 6.61 Å². The van der Waals surface area contributed by atoms with Crippen molar-refractivity contribution < 1.29 is 37.6 Å². The van der Waals surface area contributed by atoms with Crippen LogP contribution < -0.4 is 10.1 Å². The molecule has 0 atom stereocenters. The monoisotopic (exact) mass is 394 g/mol. The van der Waals surface area contributed by atoms with Crippen LogP contribution in [0, 0.1) is 10.1 Å². The van der Waals surface area contributed by atoms with Crippen LogP contribution in [0.1, 0.15) is 20.7 Å². The number of rotatable bonds is 7. The van der Waals surface area contributed by atoms with Gasteiger partial charge in [-0.25, -0.2) is 4.79 Å². The molecule has 2 amide bonds. The minimum Gasteiger partial charge on any atom is -0.452 e. The highest BCUT2D eigenvalue weighted by Crippen LogP contribution is 2.15. The van der Waals surface area contributed by atoms with E-state index in [0.717, 1.165) is 36.4 Å². The minimum atomic E-state index is -3.01. The van der Waals surface area contributed by atoms with Crippen molar-refractivity contribution in [3.8, 4) is 5.75 Å². The van der Waals surface area contributed by atoms with Crippen LogP contribution >= 0.6 is 0 Å². The number of nitrogens with zero attached hydrogens (tertiary/aromatic N) is 1. The normalized spacial score (nSPS) is 10.2. The van der Waals surface area contributed by atoms with E-state index in [0.29, 0.717) is 0 Å². The van der Waals surface area contributed by atoms with Crippen molar-refractivity contribution in [1.29, 1.82) is 0 Å². The Morgan fingerprint density at radius 1 is 1.00 bits per heavy atom. The van der Waals surface area contributed by atoms with Crippen molar-refractivity contribution in [2.75, 3.05) is 6.61 Å². The number of hydrogen-bond acceptors (Lipinski definition) is 7. The molecule has 9 nitrogen and oxygen atoms in total. The van der Waals surface area contributed by atoms with Crippen LogP contribution in [0.4, 0.5) is 14.5 Å². The average Bonchev–Trinajstić information content (AvgIpc) is 2.66. The lowest BCUT2D eigenvalue weighted by atomic mass is 10.2. The molecule has 0 fully saturated rings. The topological polar surface area (TPSA) is 125 Å². The smallest absolute Gasteiger partial charge is 0.387 e. The molecular formula is C17H12F2N2O7. The summed E-state index contributed by atoms with van der Waals surface area (Å²) in [6, 6.07) is 9.11. The van der Waals surface area contributed by atoms with Gasteiger partial charge in [-0.15, -0.1) is 0 Å². The first-order valence-electron chi connectivity index (χ1n) is 7.57. The number of benzene rings is 2. The molecule has 11 heteroatoms. The molecule has 1 N–H and O–H groups in total. The first-order chi connectivity index (χ1) is 13.3. The fraction of sp³-hybridized carbons (Fsp3) is 0.118. The predicted molar refractivity (Wildman–Crippen MR) is 88.9 cm³/mol. The Morgan fingerprint density at radius 2 is 1.57 bits per heavy atom. The van der Waals surface area contributed by atoms with E-state index in [4.69, 9.17) is 4.74 Å². The number of ether oxygens (including phenoxy) is 2. The van der Waals surface area contributed by atoms with Gasteiger partial charge in [0, 0.05) is 17.7 Å². The van der Waals surface area contributed by atoms with Gasteiger partial charge in [0.1, 0.15) is 5.75 Å². The highest BCUT2D eigenvalue weighted by molar-refractivity contribution is 6.05. The molecule has 0 aliphatic heterocycles. The van der Waals surface area contributed by atoms with E-state index in [-0.39, 0.29) is 22.6 Å². The van der Waals surface area contributed by atoms with E-state index >= 15 is 0 Å². The summed E-state index contributed by atoms with van der Waals surface area (Å²) in [5.41, 5.74) is -0.235. The number of esters is 1. The maximum atomic E-state index is 12.1. The largest absolute Gasteiger partial charge is 0.452 e. The molecule has 28 heavy (non-hydrogen) atoms. The number of alkyl halides is 2. The Bertz CT molecular complexity index is 883. The van der Waals surface area contributed by atoms with Crippen molar-refractivity contribution in [2.24, 2.45) is 0 Å². The van der Waals surface area contributed by atoms with Gasteiger partial charge < -0.3 is 9.47 Å². The molecule has 2 aromatic rings. The Labute approximate surface area is 156 Å². The summed E-state index contributed by atoms with van der Waals surface area (Å²) in [7, 11) is 0. The second kappa shape index (κ2) is 9.16. The molecule has 0 heterocycles. The van der Waals surface area contributed by atoms with Crippen molar-refractivity contribution in [3.05, 3.63) is 69.8 Å². The van der Waals surface area contributed by atoms with Gasteiger partial charge in [0.05, 0.1) is 10.5 Å². The maximum Gasteiger partial charge on any atom is 0.387 e. The zero-order chi connectivity index (χ0) is 20.7. The van der Waals surface area contributed by atoms with E-state index in [1.807, 2.05) is 5.32 Å². The number of nitro groups is 1. The van der Waals surface area contributed by atoms with Gasteiger partial charge in [-0.1, -0.05) is 0 Å². The number of amides is 2. The molecule has 0 radical (unpaired) electrons. The quantitative estimate of drug-likeness (QED) is 0.434. The molecule has 0 bridgehead atoms. The van der Waals surface area contributed by atoms with Crippen molar-refractivity contribution >= 4 is 23.5 Å². The molecule has 0 saturated heterocycles. The number of nitrogens with one attached hydrogen (secondary N) is 1. The Hall–Kier alpha value is -3.89. The highest BCUT2D eigenvalue weighted by atomic mass is 19.3. The third-order valence-electron chi connectivity index (χ3n) is 3.24. The first-order valence-corrected chi connectivity index (χ1v) is 7.57. The molecule has 0 aliphatic carbocycles. The average molecular weight is 394 g/mol. The fourth-order valence-corrected chi connectivity index (χ4v) is 1.96. The summed E-state index contributed by atoms with van der Waals surface area (Å²) in [6.45, 7) is -3.78. The molecule has 0 unspecified atom stereocenters. The Balaban J connectivity index is 1.85. The lowest BCUT2D eigenvalue weighted by molar-refractivity contribution is -0.384. The van der Waals surface area contributed by atoms with E-state index in [1.165, 1.54) is 12.1 Å². The van der Waals surface area contributed by atoms with Gasteiger partial charge in [0.15, 0.2) is 6.61 Å².